The van der Waals surface area contributed by atoms with E-state index in [1.54, 1.807) is 0 Å². The van der Waals surface area contributed by atoms with Gasteiger partial charge in [0.25, 0.3) is 0 Å². The molecular formula is C10H16N6O2. The number of nitro groups is 1. The Hall–Kier alpha value is -1.96. The molecule has 1 heterocycles. The molecule has 0 aromatic carbocycles. The molecule has 1 aromatic heterocycles. The number of anilines is 2. The Morgan fingerprint density at radius 2 is 2.22 bits per heavy atom. The van der Waals surface area contributed by atoms with Crippen molar-refractivity contribution in [1.82, 2.24) is 9.97 Å². The lowest BCUT2D eigenvalue weighted by Crippen LogP contribution is -2.16. The molecule has 4 N–H and O–H groups in total. The Kier molecular flexibility index (Phi) is 3.88. The van der Waals surface area contributed by atoms with Gasteiger partial charge in [0, 0.05) is 6.54 Å². The second-order valence-corrected chi connectivity index (χ2v) is 4.36. The molecule has 0 radical (unpaired) electrons. The fourth-order valence-corrected chi connectivity index (χ4v) is 2.16. The summed E-state index contributed by atoms with van der Waals surface area (Å²) in [6.07, 6.45) is 5.93. The number of nitrogens with zero attached hydrogens (tertiary/aromatic N) is 3. The van der Waals surface area contributed by atoms with E-state index in [0.717, 1.165) is 19.0 Å². The van der Waals surface area contributed by atoms with Gasteiger partial charge in [-0.2, -0.15) is 4.98 Å². The van der Waals surface area contributed by atoms with E-state index in [-0.39, 0.29) is 17.5 Å². The van der Waals surface area contributed by atoms with Crippen molar-refractivity contribution in [2.24, 2.45) is 11.8 Å². The summed E-state index contributed by atoms with van der Waals surface area (Å²) in [6.45, 7) is 0.696. The average Bonchev–Trinajstić information content (AvgIpc) is 2.88. The van der Waals surface area contributed by atoms with Crippen LogP contribution in [0.15, 0.2) is 6.20 Å². The van der Waals surface area contributed by atoms with Crippen molar-refractivity contribution in [3.8, 4) is 0 Å². The maximum absolute atomic E-state index is 10.9. The lowest BCUT2D eigenvalue weighted by Gasteiger charge is -2.11. The highest BCUT2D eigenvalue weighted by Gasteiger charge is 2.20. The topological polar surface area (TPSA) is 119 Å². The van der Waals surface area contributed by atoms with Gasteiger partial charge in [-0.1, -0.05) is 12.8 Å². The second kappa shape index (κ2) is 5.58. The summed E-state index contributed by atoms with van der Waals surface area (Å²) < 4.78 is 0. The molecule has 0 saturated heterocycles. The van der Waals surface area contributed by atoms with Crippen molar-refractivity contribution in [2.45, 2.75) is 25.7 Å². The third kappa shape index (κ3) is 2.83. The van der Waals surface area contributed by atoms with Crippen molar-refractivity contribution in [3.63, 3.8) is 0 Å². The molecule has 8 heteroatoms. The minimum atomic E-state index is -0.503. The number of aromatic nitrogens is 2. The molecule has 8 nitrogen and oxygen atoms in total. The zero-order chi connectivity index (χ0) is 13.0. The molecule has 0 unspecified atom stereocenters. The number of hydrogen-bond donors (Lipinski definition) is 3. The number of nitrogens with one attached hydrogen (secondary N) is 2. The Labute approximate surface area is 104 Å². The highest BCUT2D eigenvalue weighted by molar-refractivity contribution is 5.56. The van der Waals surface area contributed by atoms with E-state index in [9.17, 15) is 10.1 Å². The molecular weight excluding hydrogens is 236 g/mol. The van der Waals surface area contributed by atoms with Crippen LogP contribution < -0.4 is 16.6 Å². The van der Waals surface area contributed by atoms with Gasteiger partial charge in [-0.3, -0.25) is 15.5 Å². The zero-order valence-electron chi connectivity index (χ0n) is 9.93. The summed E-state index contributed by atoms with van der Waals surface area (Å²) in [5, 5.41) is 13.9. The van der Waals surface area contributed by atoms with E-state index in [0.29, 0.717) is 12.5 Å². The van der Waals surface area contributed by atoms with Gasteiger partial charge in [0.15, 0.2) is 0 Å². The van der Waals surface area contributed by atoms with Crippen LogP contribution in [-0.2, 0) is 0 Å². The van der Waals surface area contributed by atoms with Crippen LogP contribution in [0.1, 0.15) is 25.7 Å². The van der Waals surface area contributed by atoms with Crippen molar-refractivity contribution < 1.29 is 4.92 Å². The smallest absolute Gasteiger partial charge is 0.329 e. The molecule has 1 fully saturated rings. The second-order valence-electron chi connectivity index (χ2n) is 4.36. The molecule has 98 valence electrons. The lowest BCUT2D eigenvalue weighted by molar-refractivity contribution is -0.384. The molecule has 2 rings (SSSR count). The first-order valence-electron chi connectivity index (χ1n) is 5.92. The maximum Gasteiger partial charge on any atom is 0.329 e. The van der Waals surface area contributed by atoms with E-state index < -0.39 is 4.92 Å². The van der Waals surface area contributed by atoms with Crippen LogP contribution in [-0.4, -0.2) is 21.4 Å². The largest absolute Gasteiger partial charge is 0.364 e. The molecule has 0 aliphatic heterocycles. The standard InChI is InChI=1S/C10H16N6O2/c11-15-10-13-6-8(16(17)18)9(14-10)12-5-7-3-1-2-4-7/h6-7H,1-5,11H2,(H2,12,13,14,15). The highest BCUT2D eigenvalue weighted by atomic mass is 16.6. The first-order chi connectivity index (χ1) is 8.70. The molecule has 1 saturated carbocycles. The zero-order valence-corrected chi connectivity index (χ0v) is 9.93. The fourth-order valence-electron chi connectivity index (χ4n) is 2.16. The first kappa shape index (κ1) is 12.5. The Morgan fingerprint density at radius 1 is 1.50 bits per heavy atom. The lowest BCUT2D eigenvalue weighted by atomic mass is 10.1. The third-order valence-electron chi connectivity index (χ3n) is 3.13. The third-order valence-corrected chi connectivity index (χ3v) is 3.13. The van der Waals surface area contributed by atoms with Crippen LogP contribution in [0.2, 0.25) is 0 Å². The summed E-state index contributed by atoms with van der Waals surface area (Å²) in [5.41, 5.74) is 2.14. The predicted molar refractivity (Wildman–Crippen MR) is 66.9 cm³/mol. The van der Waals surface area contributed by atoms with E-state index in [4.69, 9.17) is 5.84 Å². The number of hydrogen-bond acceptors (Lipinski definition) is 7. The van der Waals surface area contributed by atoms with Crippen LogP contribution >= 0.6 is 0 Å². The van der Waals surface area contributed by atoms with Crippen LogP contribution in [0.5, 0.6) is 0 Å². The highest BCUT2D eigenvalue weighted by Crippen LogP contribution is 2.27. The number of hydrazine groups is 1. The van der Waals surface area contributed by atoms with Gasteiger partial charge in [0.05, 0.1) is 4.92 Å². The molecule has 0 bridgehead atoms. The summed E-state index contributed by atoms with van der Waals surface area (Å²) in [6, 6.07) is 0. The van der Waals surface area contributed by atoms with Gasteiger partial charge < -0.3 is 5.32 Å². The minimum Gasteiger partial charge on any atom is -0.364 e. The predicted octanol–water partition coefficient (Wildman–Crippen LogP) is 1.27. The molecule has 18 heavy (non-hydrogen) atoms. The summed E-state index contributed by atoms with van der Waals surface area (Å²) in [4.78, 5) is 18.1. The SMILES string of the molecule is NNc1ncc([N+](=O)[O-])c(NCC2CCCC2)n1. The van der Waals surface area contributed by atoms with Crippen LogP contribution in [0.25, 0.3) is 0 Å². The first-order valence-corrected chi connectivity index (χ1v) is 5.92. The van der Waals surface area contributed by atoms with Crippen molar-refractivity contribution >= 4 is 17.5 Å². The average molecular weight is 252 g/mol. The number of nitrogens with two attached hydrogens (primary N) is 1. The Balaban J connectivity index is 2.10. The van der Waals surface area contributed by atoms with Gasteiger partial charge >= 0.3 is 5.69 Å². The Bertz CT molecular complexity index is 432. The maximum atomic E-state index is 10.9. The van der Waals surface area contributed by atoms with E-state index in [1.807, 2.05) is 0 Å². The molecule has 1 aliphatic rings. The van der Waals surface area contributed by atoms with Crippen molar-refractivity contribution in [1.29, 1.82) is 0 Å². The number of nitrogen functional groups attached to an aromatic ring is 1. The molecule has 0 amide bonds. The summed E-state index contributed by atoms with van der Waals surface area (Å²) in [7, 11) is 0. The fraction of sp³-hybridized carbons (Fsp3) is 0.600. The van der Waals surface area contributed by atoms with Crippen molar-refractivity contribution in [2.75, 3.05) is 17.3 Å². The van der Waals surface area contributed by atoms with Gasteiger partial charge in [-0.25, -0.2) is 10.8 Å². The van der Waals surface area contributed by atoms with E-state index in [1.165, 1.54) is 12.8 Å². The van der Waals surface area contributed by atoms with E-state index >= 15 is 0 Å². The van der Waals surface area contributed by atoms with Crippen LogP contribution in [0, 0.1) is 16.0 Å². The van der Waals surface area contributed by atoms with E-state index in [2.05, 4.69) is 20.7 Å². The van der Waals surface area contributed by atoms with Gasteiger partial charge in [0.1, 0.15) is 6.20 Å². The molecule has 0 spiro atoms. The van der Waals surface area contributed by atoms with Gasteiger partial charge in [-0.05, 0) is 18.8 Å². The monoisotopic (exact) mass is 252 g/mol. The van der Waals surface area contributed by atoms with Gasteiger partial charge in [0.2, 0.25) is 11.8 Å². The normalized spacial score (nSPS) is 15.6. The Morgan fingerprint density at radius 3 is 2.83 bits per heavy atom. The summed E-state index contributed by atoms with van der Waals surface area (Å²) >= 11 is 0. The van der Waals surface area contributed by atoms with Gasteiger partial charge in [-0.15, -0.1) is 0 Å². The van der Waals surface area contributed by atoms with Crippen molar-refractivity contribution in [3.05, 3.63) is 16.3 Å². The number of rotatable bonds is 5. The van der Waals surface area contributed by atoms with Crippen LogP contribution in [0.4, 0.5) is 17.5 Å². The molecule has 1 aromatic rings. The quantitative estimate of drug-likeness (QED) is 0.410. The summed E-state index contributed by atoms with van der Waals surface area (Å²) in [5.74, 6) is 6.13. The van der Waals surface area contributed by atoms with Crippen LogP contribution in [0.3, 0.4) is 0 Å². The minimum absolute atomic E-state index is 0.132. The molecule has 0 atom stereocenters. The molecule has 1 aliphatic carbocycles.